The van der Waals surface area contributed by atoms with Crippen LogP contribution in [0.2, 0.25) is 0 Å². The highest BCUT2D eigenvalue weighted by molar-refractivity contribution is 5.97. The van der Waals surface area contributed by atoms with Gasteiger partial charge in [0.2, 0.25) is 47.3 Å². The molecule has 1 rings (SSSR count). The summed E-state index contributed by atoms with van der Waals surface area (Å²) in [5.74, 6) is -7.77. The van der Waals surface area contributed by atoms with E-state index in [1.54, 1.807) is 27.7 Å². The molecule has 0 spiro atoms. The van der Waals surface area contributed by atoms with Gasteiger partial charge < -0.3 is 53.4 Å². The standard InChI is InChI=1S/C32H55N9O10/c1-16(2)12-20(29(48)39-26(17(3)4)31(50)36-14-23(43)35-15-25(45)46)38-32(51)27(18(5)6)40-28(47)19(9-10-22(34)42)37-30(49)21-8-7-11-41(21)24(44)13-33/h16-21,26-27H,7-15,33H2,1-6H3,(H2,34,42)(H,35,43)(H,36,50)(H,37,49)(H,38,51)(H,39,48)(H,40,47)(H,45,46)/t19-,20-,21-,26-,27-/m0/s1. The van der Waals surface area contributed by atoms with E-state index in [4.69, 9.17) is 16.6 Å². The average Bonchev–Trinajstić information content (AvgIpc) is 3.54. The lowest BCUT2D eigenvalue weighted by atomic mass is 9.98. The van der Waals surface area contributed by atoms with E-state index in [1.165, 1.54) is 4.90 Å². The molecule has 0 aromatic carbocycles. The van der Waals surface area contributed by atoms with Crippen LogP contribution in [0, 0.1) is 17.8 Å². The molecule has 0 bridgehead atoms. The van der Waals surface area contributed by atoms with E-state index in [0.717, 1.165) is 0 Å². The first kappa shape index (κ1) is 44.2. The molecular formula is C32H55N9O10. The highest BCUT2D eigenvalue weighted by Gasteiger charge is 2.37. The Morgan fingerprint density at radius 2 is 1.31 bits per heavy atom. The molecule has 0 aliphatic carbocycles. The second-order valence-corrected chi connectivity index (χ2v) is 13.6. The fraction of sp³-hybridized carbons (Fsp3) is 0.719. The summed E-state index contributed by atoms with van der Waals surface area (Å²) in [6.45, 7) is 9.11. The Morgan fingerprint density at radius 3 is 1.82 bits per heavy atom. The number of primary amides is 1. The Morgan fingerprint density at radius 1 is 0.745 bits per heavy atom. The quantitative estimate of drug-likeness (QED) is 0.0568. The second-order valence-electron chi connectivity index (χ2n) is 13.6. The van der Waals surface area contributed by atoms with Gasteiger partial charge in [-0.3, -0.25) is 43.2 Å². The van der Waals surface area contributed by atoms with E-state index in [9.17, 15) is 43.2 Å². The number of hydrogen-bond donors (Lipinski definition) is 9. The molecule has 288 valence electrons. The number of aliphatic carboxylic acids is 1. The summed E-state index contributed by atoms with van der Waals surface area (Å²) in [5, 5.41) is 23.6. The lowest BCUT2D eigenvalue weighted by Crippen LogP contribution is -2.60. The van der Waals surface area contributed by atoms with Gasteiger partial charge in [0.05, 0.1) is 13.1 Å². The third-order valence-corrected chi connectivity index (χ3v) is 8.06. The second kappa shape index (κ2) is 21.4. The zero-order valence-electron chi connectivity index (χ0n) is 30.2. The molecule has 0 unspecified atom stereocenters. The Labute approximate surface area is 297 Å². The number of carboxylic acid groups (broad SMARTS) is 1. The molecule has 0 aromatic heterocycles. The third-order valence-electron chi connectivity index (χ3n) is 8.06. The Balaban J connectivity index is 3.12. The van der Waals surface area contributed by atoms with Gasteiger partial charge >= 0.3 is 5.97 Å². The predicted octanol–water partition coefficient (Wildman–Crippen LogP) is -3.18. The average molecular weight is 726 g/mol. The van der Waals surface area contributed by atoms with Gasteiger partial charge in [0, 0.05) is 13.0 Å². The van der Waals surface area contributed by atoms with Crippen LogP contribution >= 0.6 is 0 Å². The van der Waals surface area contributed by atoms with Crippen molar-refractivity contribution >= 4 is 53.2 Å². The van der Waals surface area contributed by atoms with Crippen molar-refractivity contribution in [2.75, 3.05) is 26.2 Å². The molecule has 0 aromatic rings. The number of nitrogens with two attached hydrogens (primary N) is 2. The normalized spacial score (nSPS) is 16.4. The van der Waals surface area contributed by atoms with Crippen LogP contribution < -0.4 is 43.4 Å². The Bertz CT molecular complexity index is 1290. The number of hydrogen-bond acceptors (Lipinski definition) is 10. The van der Waals surface area contributed by atoms with Crippen molar-refractivity contribution in [1.29, 1.82) is 0 Å². The van der Waals surface area contributed by atoms with Gasteiger partial charge in [0.15, 0.2) is 0 Å². The molecule has 1 heterocycles. The SMILES string of the molecule is CC(C)C[C@H](NC(=O)[C@@H](NC(=O)[C@H](CCC(N)=O)NC(=O)[C@@H]1CCCN1C(=O)CN)C(C)C)C(=O)N[C@H](C(=O)NCC(=O)NCC(=O)O)C(C)C. The van der Waals surface area contributed by atoms with E-state index < -0.39 is 108 Å². The van der Waals surface area contributed by atoms with E-state index in [1.807, 2.05) is 13.8 Å². The minimum absolute atomic E-state index is 0.105. The molecule has 1 aliphatic heterocycles. The van der Waals surface area contributed by atoms with E-state index in [-0.39, 0.29) is 31.7 Å². The number of carbonyl (C=O) groups excluding carboxylic acids is 8. The summed E-state index contributed by atoms with van der Waals surface area (Å²) >= 11 is 0. The van der Waals surface area contributed by atoms with E-state index in [0.29, 0.717) is 19.4 Å². The van der Waals surface area contributed by atoms with E-state index in [2.05, 4.69) is 31.9 Å². The molecule has 0 radical (unpaired) electrons. The molecule has 19 nitrogen and oxygen atoms in total. The summed E-state index contributed by atoms with van der Waals surface area (Å²) in [7, 11) is 0. The molecule has 0 saturated carbocycles. The van der Waals surface area contributed by atoms with Crippen molar-refractivity contribution in [2.45, 2.75) is 104 Å². The van der Waals surface area contributed by atoms with Crippen LogP contribution in [0.3, 0.4) is 0 Å². The first-order valence-corrected chi connectivity index (χ1v) is 17.0. The lowest BCUT2D eigenvalue weighted by Gasteiger charge is -2.30. The zero-order valence-corrected chi connectivity index (χ0v) is 30.2. The van der Waals surface area contributed by atoms with Crippen LogP contribution in [-0.2, 0) is 43.2 Å². The van der Waals surface area contributed by atoms with Gasteiger partial charge in [-0.2, -0.15) is 0 Å². The van der Waals surface area contributed by atoms with Crippen molar-refractivity contribution in [2.24, 2.45) is 29.2 Å². The van der Waals surface area contributed by atoms with Gasteiger partial charge in [0.25, 0.3) is 0 Å². The Hall–Kier alpha value is -4.81. The number of rotatable bonds is 21. The highest BCUT2D eigenvalue weighted by atomic mass is 16.4. The van der Waals surface area contributed by atoms with Gasteiger partial charge in [-0.25, -0.2) is 0 Å². The monoisotopic (exact) mass is 725 g/mol. The van der Waals surface area contributed by atoms with Crippen LogP contribution in [0.25, 0.3) is 0 Å². The number of nitrogens with zero attached hydrogens (tertiary/aromatic N) is 1. The lowest BCUT2D eigenvalue weighted by molar-refractivity contribution is -0.139. The van der Waals surface area contributed by atoms with Crippen LogP contribution in [-0.4, -0.2) is 120 Å². The maximum absolute atomic E-state index is 13.6. The summed E-state index contributed by atoms with van der Waals surface area (Å²) in [6, 6.07) is -5.64. The van der Waals surface area contributed by atoms with Gasteiger partial charge in [-0.15, -0.1) is 0 Å². The van der Waals surface area contributed by atoms with Crippen molar-refractivity contribution in [3.8, 4) is 0 Å². The number of carboxylic acids is 1. The van der Waals surface area contributed by atoms with Crippen LogP contribution in [0.15, 0.2) is 0 Å². The maximum Gasteiger partial charge on any atom is 0.322 e. The number of nitrogens with one attached hydrogen (secondary N) is 6. The summed E-state index contributed by atoms with van der Waals surface area (Å²) < 4.78 is 0. The van der Waals surface area contributed by atoms with E-state index >= 15 is 0 Å². The minimum atomic E-state index is -1.29. The van der Waals surface area contributed by atoms with Gasteiger partial charge in [0.1, 0.15) is 36.8 Å². The molecule has 5 atom stereocenters. The first-order valence-electron chi connectivity index (χ1n) is 17.0. The van der Waals surface area contributed by atoms with Crippen LogP contribution in [0.5, 0.6) is 0 Å². The zero-order chi connectivity index (χ0) is 39.0. The smallest absolute Gasteiger partial charge is 0.322 e. The minimum Gasteiger partial charge on any atom is -0.480 e. The Kier molecular flexibility index (Phi) is 18.6. The van der Waals surface area contributed by atoms with Crippen LogP contribution in [0.1, 0.15) is 73.6 Å². The molecule has 19 heteroatoms. The van der Waals surface area contributed by atoms with Crippen LogP contribution in [0.4, 0.5) is 0 Å². The first-order chi connectivity index (χ1) is 23.8. The molecule has 1 fully saturated rings. The summed E-state index contributed by atoms with van der Waals surface area (Å²) in [6.07, 6.45) is 0.601. The van der Waals surface area contributed by atoms with Crippen molar-refractivity contribution in [3.05, 3.63) is 0 Å². The molecule has 51 heavy (non-hydrogen) atoms. The predicted molar refractivity (Wildman–Crippen MR) is 183 cm³/mol. The number of amides is 8. The van der Waals surface area contributed by atoms with Gasteiger partial charge in [-0.05, 0) is 43.4 Å². The molecule has 8 amide bonds. The number of carbonyl (C=O) groups is 9. The van der Waals surface area contributed by atoms with Crippen molar-refractivity contribution in [3.63, 3.8) is 0 Å². The van der Waals surface area contributed by atoms with Crippen molar-refractivity contribution < 1.29 is 48.3 Å². The fourth-order valence-electron chi connectivity index (χ4n) is 5.33. The summed E-state index contributed by atoms with van der Waals surface area (Å²) in [4.78, 5) is 114. The molecule has 1 saturated heterocycles. The highest BCUT2D eigenvalue weighted by Crippen LogP contribution is 2.18. The number of likely N-dealkylation sites (tertiary alicyclic amines) is 1. The third kappa shape index (κ3) is 15.3. The molecular weight excluding hydrogens is 670 g/mol. The van der Waals surface area contributed by atoms with Crippen molar-refractivity contribution in [1.82, 2.24) is 36.8 Å². The molecule has 11 N–H and O–H groups in total. The fourth-order valence-corrected chi connectivity index (χ4v) is 5.33. The topological polar surface area (TPSA) is 301 Å². The van der Waals surface area contributed by atoms with Gasteiger partial charge in [-0.1, -0.05) is 41.5 Å². The largest absolute Gasteiger partial charge is 0.480 e. The maximum atomic E-state index is 13.6. The summed E-state index contributed by atoms with van der Waals surface area (Å²) in [5.41, 5.74) is 10.8. The molecule has 1 aliphatic rings.